The van der Waals surface area contributed by atoms with Crippen LogP contribution in [0.2, 0.25) is 0 Å². The van der Waals surface area contributed by atoms with Gasteiger partial charge in [0.25, 0.3) is 5.91 Å². The van der Waals surface area contributed by atoms with Crippen LogP contribution in [-0.4, -0.2) is 41.6 Å². The van der Waals surface area contributed by atoms with Crippen molar-refractivity contribution in [3.8, 4) is 5.75 Å². The molecule has 0 unspecified atom stereocenters. The minimum Gasteiger partial charge on any atom is -0.494 e. The van der Waals surface area contributed by atoms with E-state index in [0.29, 0.717) is 18.8 Å². The number of aromatic nitrogens is 1. The number of carbonyl (C=O) groups excluding carboxylic acids is 1. The van der Waals surface area contributed by atoms with Crippen molar-refractivity contribution in [1.29, 1.82) is 0 Å². The van der Waals surface area contributed by atoms with E-state index in [1.54, 1.807) is 6.07 Å². The average molecular weight is 422 g/mol. The zero-order valence-electron chi connectivity index (χ0n) is 17.8. The van der Waals surface area contributed by atoms with Gasteiger partial charge in [0.2, 0.25) is 0 Å². The van der Waals surface area contributed by atoms with Crippen molar-refractivity contribution in [2.45, 2.75) is 32.0 Å². The zero-order chi connectivity index (χ0) is 21.6. The van der Waals surface area contributed by atoms with Crippen LogP contribution in [-0.2, 0) is 13.1 Å². The third kappa shape index (κ3) is 5.33. The van der Waals surface area contributed by atoms with Gasteiger partial charge in [0.15, 0.2) is 11.6 Å². The second-order valence-electron chi connectivity index (χ2n) is 8.00. The van der Waals surface area contributed by atoms with E-state index in [2.05, 4.69) is 22.3 Å². The molecule has 6 heteroatoms. The summed E-state index contributed by atoms with van der Waals surface area (Å²) in [6, 6.07) is 19.2. The Morgan fingerprint density at radius 1 is 1.03 bits per heavy atom. The van der Waals surface area contributed by atoms with Crippen LogP contribution >= 0.6 is 0 Å². The van der Waals surface area contributed by atoms with Crippen molar-refractivity contribution in [2.75, 3.05) is 20.2 Å². The van der Waals surface area contributed by atoms with Crippen molar-refractivity contribution in [2.24, 2.45) is 0 Å². The maximum atomic E-state index is 13.9. The first-order valence-electron chi connectivity index (χ1n) is 10.7. The highest BCUT2D eigenvalue weighted by molar-refractivity contribution is 5.93. The molecule has 1 fully saturated rings. The molecular formula is C25H28FN3O2. The Morgan fingerprint density at radius 2 is 1.81 bits per heavy atom. The maximum Gasteiger partial charge on any atom is 0.268 e. The fraction of sp³-hybridized carbons (Fsp3) is 0.320. The first-order valence-corrected chi connectivity index (χ1v) is 10.7. The van der Waals surface area contributed by atoms with Crippen LogP contribution in [0.15, 0.2) is 66.9 Å². The molecule has 0 spiro atoms. The second-order valence-corrected chi connectivity index (χ2v) is 8.00. The van der Waals surface area contributed by atoms with Gasteiger partial charge in [-0.05, 0) is 48.2 Å². The number of nitrogens with one attached hydrogen (secondary N) is 1. The Bertz CT molecular complexity index is 1010. The first-order chi connectivity index (χ1) is 15.1. The number of rotatable bonds is 7. The molecule has 1 N–H and O–H groups in total. The van der Waals surface area contributed by atoms with Gasteiger partial charge in [0, 0.05) is 38.4 Å². The van der Waals surface area contributed by atoms with Crippen molar-refractivity contribution in [3.63, 3.8) is 0 Å². The molecule has 0 bridgehead atoms. The topological polar surface area (TPSA) is 46.5 Å². The van der Waals surface area contributed by atoms with E-state index in [9.17, 15) is 9.18 Å². The summed E-state index contributed by atoms with van der Waals surface area (Å²) < 4.78 is 20.9. The van der Waals surface area contributed by atoms with E-state index >= 15 is 0 Å². The van der Waals surface area contributed by atoms with Crippen LogP contribution < -0.4 is 10.1 Å². The third-order valence-electron chi connectivity index (χ3n) is 5.80. The Kier molecular flexibility index (Phi) is 6.67. The lowest BCUT2D eigenvalue weighted by Gasteiger charge is -2.32. The molecule has 31 heavy (non-hydrogen) atoms. The number of benzene rings is 2. The fourth-order valence-corrected chi connectivity index (χ4v) is 4.10. The van der Waals surface area contributed by atoms with Crippen LogP contribution in [0.4, 0.5) is 4.39 Å². The number of hydrogen-bond donors (Lipinski definition) is 1. The first kappa shape index (κ1) is 21.1. The van der Waals surface area contributed by atoms with Crippen LogP contribution in [0, 0.1) is 5.82 Å². The number of methoxy groups -OCH3 is 1. The van der Waals surface area contributed by atoms with E-state index < -0.39 is 0 Å². The number of hydrogen-bond acceptors (Lipinski definition) is 3. The molecule has 162 valence electrons. The Balaban J connectivity index is 1.29. The van der Waals surface area contributed by atoms with Crippen molar-refractivity contribution >= 4 is 5.91 Å². The molecule has 1 aliphatic rings. The summed E-state index contributed by atoms with van der Waals surface area (Å²) in [6.45, 7) is 3.10. The number of ether oxygens (including phenoxy) is 1. The van der Waals surface area contributed by atoms with E-state index in [-0.39, 0.29) is 23.5 Å². The number of carbonyl (C=O) groups is 1. The fourth-order valence-electron chi connectivity index (χ4n) is 4.10. The highest BCUT2D eigenvalue weighted by Crippen LogP contribution is 2.20. The van der Waals surface area contributed by atoms with Crippen molar-refractivity contribution in [1.82, 2.24) is 14.8 Å². The monoisotopic (exact) mass is 421 g/mol. The molecule has 4 rings (SSSR count). The zero-order valence-corrected chi connectivity index (χ0v) is 17.8. The van der Waals surface area contributed by atoms with Gasteiger partial charge in [-0.15, -0.1) is 0 Å². The molecule has 2 heterocycles. The molecule has 5 nitrogen and oxygen atoms in total. The summed E-state index contributed by atoms with van der Waals surface area (Å²) >= 11 is 0. The summed E-state index contributed by atoms with van der Waals surface area (Å²) in [7, 11) is 1.47. The van der Waals surface area contributed by atoms with E-state index in [1.165, 1.54) is 13.2 Å². The molecule has 2 aromatic carbocycles. The maximum absolute atomic E-state index is 13.9. The van der Waals surface area contributed by atoms with Crippen LogP contribution in [0.25, 0.3) is 0 Å². The molecule has 1 aromatic heterocycles. The number of halogens is 1. The standard InChI is InChI=1S/C25H28FN3O2/c1-31-24-10-9-20(16-22(24)26)17-28-14-11-21(12-15-28)27-25(30)23-8-5-13-29(23)18-19-6-3-2-4-7-19/h2-10,13,16,21H,11-12,14-15,17-18H2,1H3,(H,27,30). The van der Waals surface area contributed by atoms with E-state index in [1.807, 2.05) is 47.2 Å². The Hall–Kier alpha value is -3.12. The van der Waals surface area contributed by atoms with E-state index in [4.69, 9.17) is 4.74 Å². The lowest BCUT2D eigenvalue weighted by atomic mass is 10.0. The van der Waals surface area contributed by atoms with Crippen LogP contribution in [0.3, 0.4) is 0 Å². The molecule has 1 amide bonds. The predicted octanol–water partition coefficient (Wildman–Crippen LogP) is 4.08. The molecular weight excluding hydrogens is 393 g/mol. The number of piperidine rings is 1. The summed E-state index contributed by atoms with van der Waals surface area (Å²) in [5.41, 5.74) is 2.77. The van der Waals surface area contributed by atoms with Crippen LogP contribution in [0.5, 0.6) is 5.75 Å². The smallest absolute Gasteiger partial charge is 0.268 e. The lowest BCUT2D eigenvalue weighted by Crippen LogP contribution is -2.44. The number of likely N-dealkylation sites (tertiary alicyclic amines) is 1. The van der Waals surface area contributed by atoms with Gasteiger partial charge in [-0.25, -0.2) is 4.39 Å². The second kappa shape index (κ2) is 9.79. The molecule has 0 radical (unpaired) electrons. The molecule has 1 saturated heterocycles. The quantitative estimate of drug-likeness (QED) is 0.625. The Morgan fingerprint density at radius 3 is 2.52 bits per heavy atom. The van der Waals surface area contributed by atoms with Gasteiger partial charge in [-0.3, -0.25) is 9.69 Å². The SMILES string of the molecule is COc1ccc(CN2CCC(NC(=O)c3cccn3Cc3ccccc3)CC2)cc1F. The highest BCUT2D eigenvalue weighted by Gasteiger charge is 2.22. The van der Waals surface area contributed by atoms with Crippen molar-refractivity contribution < 1.29 is 13.9 Å². The number of amides is 1. The van der Waals surface area contributed by atoms with Gasteiger partial charge in [-0.2, -0.15) is 0 Å². The largest absolute Gasteiger partial charge is 0.494 e. The Labute approximate surface area is 182 Å². The lowest BCUT2D eigenvalue weighted by molar-refractivity contribution is 0.0900. The molecule has 0 aliphatic carbocycles. The van der Waals surface area contributed by atoms with Gasteiger partial charge < -0.3 is 14.6 Å². The van der Waals surface area contributed by atoms with Gasteiger partial charge >= 0.3 is 0 Å². The molecule has 0 atom stereocenters. The minimum atomic E-state index is -0.333. The van der Waals surface area contributed by atoms with E-state index in [0.717, 1.165) is 37.1 Å². The van der Waals surface area contributed by atoms with Crippen LogP contribution in [0.1, 0.15) is 34.5 Å². The van der Waals surface area contributed by atoms with Crippen molar-refractivity contribution in [3.05, 3.63) is 89.5 Å². The minimum absolute atomic E-state index is 0.0309. The highest BCUT2D eigenvalue weighted by atomic mass is 19.1. The number of nitrogens with zero attached hydrogens (tertiary/aromatic N) is 2. The van der Waals surface area contributed by atoms with Gasteiger partial charge in [-0.1, -0.05) is 36.4 Å². The summed E-state index contributed by atoms with van der Waals surface area (Å²) in [5.74, 6) is -0.0977. The molecule has 3 aromatic rings. The van der Waals surface area contributed by atoms with Gasteiger partial charge in [0.05, 0.1) is 7.11 Å². The predicted molar refractivity (Wildman–Crippen MR) is 119 cm³/mol. The normalized spacial score (nSPS) is 15.0. The van der Waals surface area contributed by atoms with Gasteiger partial charge in [0.1, 0.15) is 5.69 Å². The summed E-state index contributed by atoms with van der Waals surface area (Å²) in [5, 5.41) is 3.19. The molecule has 0 saturated carbocycles. The summed E-state index contributed by atoms with van der Waals surface area (Å²) in [4.78, 5) is 15.2. The average Bonchev–Trinajstić information content (AvgIpc) is 3.24. The molecule has 1 aliphatic heterocycles. The summed E-state index contributed by atoms with van der Waals surface area (Å²) in [6.07, 6.45) is 3.70. The third-order valence-corrected chi connectivity index (χ3v) is 5.80.